The molecule has 3 aromatic rings. The summed E-state index contributed by atoms with van der Waals surface area (Å²) in [5, 5.41) is 10.3. The topological polar surface area (TPSA) is 62.7 Å². The predicted molar refractivity (Wildman–Crippen MR) is 132 cm³/mol. The smallest absolute Gasteiger partial charge is 0.309 e. The van der Waals surface area contributed by atoms with Gasteiger partial charge in [-0.05, 0) is 76.4 Å². The Balaban J connectivity index is 1.37. The number of rotatable bonds is 10. The van der Waals surface area contributed by atoms with Crippen LogP contribution in [0.5, 0.6) is 5.75 Å². The fraction of sp³-hybridized carbons (Fsp3) is 0.429. The van der Waals surface area contributed by atoms with Gasteiger partial charge < -0.3 is 14.7 Å². The third-order valence-electron chi connectivity index (χ3n) is 7.53. The van der Waals surface area contributed by atoms with E-state index in [9.17, 15) is 27.5 Å². The lowest BCUT2D eigenvalue weighted by Gasteiger charge is -2.39. The highest BCUT2D eigenvalue weighted by molar-refractivity contribution is 5.84. The molecule has 204 valence electrons. The van der Waals surface area contributed by atoms with E-state index in [4.69, 9.17) is 4.74 Å². The highest BCUT2D eigenvalue weighted by atomic mass is 19.2. The first-order valence-corrected chi connectivity index (χ1v) is 12.5. The van der Waals surface area contributed by atoms with Crippen molar-refractivity contribution < 1.29 is 36.6 Å². The molecule has 5 nitrogen and oxygen atoms in total. The summed E-state index contributed by atoms with van der Waals surface area (Å²) >= 11 is 0. The molecule has 1 N–H and O–H groups in total. The van der Waals surface area contributed by atoms with Crippen molar-refractivity contribution in [2.24, 2.45) is 5.41 Å². The summed E-state index contributed by atoms with van der Waals surface area (Å²) in [6.07, 6.45) is 0.0962. The van der Waals surface area contributed by atoms with Gasteiger partial charge in [0.05, 0.1) is 24.2 Å². The van der Waals surface area contributed by atoms with Crippen LogP contribution in [0.15, 0.2) is 36.5 Å². The lowest BCUT2D eigenvalue weighted by Crippen LogP contribution is -2.44. The third kappa shape index (κ3) is 5.90. The van der Waals surface area contributed by atoms with Crippen LogP contribution in [0.3, 0.4) is 0 Å². The molecule has 0 bridgehead atoms. The Hall–Kier alpha value is -3.27. The lowest BCUT2D eigenvalue weighted by molar-refractivity contribution is -0.153. The highest BCUT2D eigenvalue weighted by Crippen LogP contribution is 2.41. The zero-order valence-corrected chi connectivity index (χ0v) is 21.0. The number of pyridine rings is 1. The van der Waals surface area contributed by atoms with Crippen LogP contribution >= 0.6 is 0 Å². The minimum Gasteiger partial charge on any atom is -0.497 e. The second-order valence-electron chi connectivity index (χ2n) is 9.79. The Bertz CT molecular complexity index is 1290. The van der Waals surface area contributed by atoms with Gasteiger partial charge >= 0.3 is 5.97 Å². The largest absolute Gasteiger partial charge is 0.497 e. The van der Waals surface area contributed by atoms with Gasteiger partial charge in [-0.2, -0.15) is 0 Å². The van der Waals surface area contributed by atoms with Crippen LogP contribution in [0.4, 0.5) is 22.0 Å². The van der Waals surface area contributed by atoms with Crippen molar-refractivity contribution >= 4 is 16.9 Å². The van der Waals surface area contributed by atoms with Gasteiger partial charge in [0.25, 0.3) is 0 Å². The number of ether oxygens (including phenoxy) is 1. The number of nitrogens with zero attached hydrogens (tertiary/aromatic N) is 2. The van der Waals surface area contributed by atoms with Crippen LogP contribution < -0.4 is 4.74 Å². The number of fused-ring (bicyclic) bond motifs is 1. The van der Waals surface area contributed by atoms with Gasteiger partial charge in [-0.3, -0.25) is 9.78 Å². The van der Waals surface area contributed by atoms with E-state index in [0.29, 0.717) is 49.5 Å². The molecule has 1 aliphatic rings. The van der Waals surface area contributed by atoms with Crippen LogP contribution in [-0.2, 0) is 11.2 Å². The van der Waals surface area contributed by atoms with Crippen molar-refractivity contribution in [1.82, 2.24) is 9.88 Å². The van der Waals surface area contributed by atoms with Gasteiger partial charge in [0, 0.05) is 28.6 Å². The van der Waals surface area contributed by atoms with Crippen LogP contribution in [0.2, 0.25) is 0 Å². The molecular formula is C28H29F5N2O3. The number of carboxylic acid groups (broad SMARTS) is 1. The minimum atomic E-state index is -1.73. The molecule has 1 fully saturated rings. The van der Waals surface area contributed by atoms with Gasteiger partial charge in [-0.25, -0.2) is 22.0 Å². The molecule has 1 saturated heterocycles. The minimum absolute atomic E-state index is 0.0244. The zero-order chi connectivity index (χ0) is 27.4. The number of alkyl halides is 1. The first kappa shape index (κ1) is 27.8. The van der Waals surface area contributed by atoms with E-state index in [1.807, 2.05) is 4.90 Å². The molecule has 0 saturated carbocycles. The lowest BCUT2D eigenvalue weighted by atomic mass is 9.74. The number of piperidine rings is 1. The molecule has 1 atom stereocenters. The zero-order valence-electron chi connectivity index (χ0n) is 21.0. The number of halogens is 5. The average molecular weight is 537 g/mol. The van der Waals surface area contributed by atoms with Gasteiger partial charge in [-0.1, -0.05) is 0 Å². The van der Waals surface area contributed by atoms with Gasteiger partial charge in [0.2, 0.25) is 0 Å². The Morgan fingerprint density at radius 1 is 1.11 bits per heavy atom. The fourth-order valence-electron chi connectivity index (χ4n) is 5.23. The van der Waals surface area contributed by atoms with Gasteiger partial charge in [0.15, 0.2) is 0 Å². The maximum absolute atomic E-state index is 15.4. The highest BCUT2D eigenvalue weighted by Gasteiger charge is 2.41. The number of likely N-dealkylation sites (tertiary alicyclic amines) is 1. The second kappa shape index (κ2) is 11.6. The van der Waals surface area contributed by atoms with Crippen molar-refractivity contribution in [3.8, 4) is 5.75 Å². The fourth-order valence-corrected chi connectivity index (χ4v) is 5.23. The number of carboxylic acids is 1. The number of aliphatic carboxylic acids is 1. The maximum atomic E-state index is 15.4. The SMILES string of the molecule is COc1ccc2ncc(F)c([C@@H](F)CCC3(C(=O)O)CCN(CCCc4c(F)cc(F)cc4F)CC3)c2c1. The number of carbonyl (C=O) groups is 1. The quantitative estimate of drug-likeness (QED) is 0.304. The predicted octanol–water partition coefficient (Wildman–Crippen LogP) is 6.39. The molecule has 10 heteroatoms. The van der Waals surface area contributed by atoms with Crippen molar-refractivity contribution in [1.29, 1.82) is 0 Å². The van der Waals surface area contributed by atoms with E-state index in [1.165, 1.54) is 13.2 Å². The van der Waals surface area contributed by atoms with E-state index < -0.39 is 40.8 Å². The molecule has 2 aromatic carbocycles. The third-order valence-corrected chi connectivity index (χ3v) is 7.53. The van der Waals surface area contributed by atoms with Crippen molar-refractivity contribution in [3.63, 3.8) is 0 Å². The van der Waals surface area contributed by atoms with E-state index in [2.05, 4.69) is 4.98 Å². The summed E-state index contributed by atoms with van der Waals surface area (Å²) in [7, 11) is 1.45. The normalized spacial score (nSPS) is 16.5. The van der Waals surface area contributed by atoms with Crippen LogP contribution in [0, 0.1) is 28.7 Å². The molecule has 1 aliphatic heterocycles. The number of benzene rings is 2. The second-order valence-corrected chi connectivity index (χ2v) is 9.79. The number of methoxy groups -OCH3 is 1. The molecule has 4 rings (SSSR count). The summed E-state index contributed by atoms with van der Waals surface area (Å²) in [4.78, 5) is 18.2. The maximum Gasteiger partial charge on any atom is 0.309 e. The van der Waals surface area contributed by atoms with Gasteiger partial charge in [0.1, 0.15) is 35.2 Å². The molecule has 1 aromatic heterocycles. The molecule has 0 amide bonds. The average Bonchev–Trinajstić information content (AvgIpc) is 2.89. The van der Waals surface area contributed by atoms with Crippen LogP contribution in [0.1, 0.15) is 49.4 Å². The van der Waals surface area contributed by atoms with Crippen molar-refractivity contribution in [2.75, 3.05) is 26.7 Å². The Morgan fingerprint density at radius 2 is 1.79 bits per heavy atom. The van der Waals surface area contributed by atoms with E-state index in [-0.39, 0.29) is 48.6 Å². The van der Waals surface area contributed by atoms with Crippen molar-refractivity contribution in [2.45, 2.75) is 44.7 Å². The van der Waals surface area contributed by atoms with Crippen LogP contribution in [-0.4, -0.2) is 47.7 Å². The Labute approximate surface area is 217 Å². The molecule has 2 heterocycles. The summed E-state index contributed by atoms with van der Waals surface area (Å²) in [5.41, 5.74) is -1.09. The van der Waals surface area contributed by atoms with Crippen LogP contribution in [0.25, 0.3) is 10.9 Å². The molecule has 0 aliphatic carbocycles. The number of hydrogen-bond donors (Lipinski definition) is 1. The summed E-state index contributed by atoms with van der Waals surface area (Å²) in [6, 6.07) is 6.06. The Kier molecular flexibility index (Phi) is 8.50. The number of aromatic nitrogens is 1. The summed E-state index contributed by atoms with van der Waals surface area (Å²) in [6.45, 7) is 1.32. The number of hydrogen-bond acceptors (Lipinski definition) is 4. The molecule has 0 spiro atoms. The molecule has 0 unspecified atom stereocenters. The van der Waals surface area contributed by atoms with Crippen molar-refractivity contribution in [3.05, 3.63) is 70.9 Å². The molecular weight excluding hydrogens is 507 g/mol. The first-order chi connectivity index (χ1) is 18.1. The monoisotopic (exact) mass is 536 g/mol. The Morgan fingerprint density at radius 3 is 2.42 bits per heavy atom. The van der Waals surface area contributed by atoms with Gasteiger partial charge in [-0.15, -0.1) is 0 Å². The standard InChI is InChI=1S/C28H29F5N2O3/c1-38-18-4-5-25-20(15-18)26(24(33)16-34-25)21(30)6-7-28(27(36)37)8-11-35(12-9-28)10-2-3-19-22(31)13-17(29)14-23(19)32/h4-5,13-16,21H,2-3,6-12H2,1H3,(H,36,37)/t21-/m0/s1. The van der Waals surface area contributed by atoms with E-state index in [0.717, 1.165) is 6.20 Å². The summed E-state index contributed by atoms with van der Waals surface area (Å²) < 4.78 is 76.1. The van der Waals surface area contributed by atoms with E-state index >= 15 is 4.39 Å². The molecule has 38 heavy (non-hydrogen) atoms. The molecule has 0 radical (unpaired) electrons. The summed E-state index contributed by atoms with van der Waals surface area (Å²) in [5.74, 6) is -4.22. The van der Waals surface area contributed by atoms with E-state index in [1.54, 1.807) is 12.1 Å². The first-order valence-electron chi connectivity index (χ1n) is 12.5.